The molecule has 0 bridgehead atoms. The van der Waals surface area contributed by atoms with Gasteiger partial charge in [0.25, 0.3) is 0 Å². The van der Waals surface area contributed by atoms with Crippen molar-refractivity contribution in [1.82, 2.24) is 0 Å². The summed E-state index contributed by atoms with van der Waals surface area (Å²) in [5.74, 6) is -0.128. The van der Waals surface area contributed by atoms with Crippen LogP contribution in [0.3, 0.4) is 0 Å². The molecule has 0 radical (unpaired) electrons. The molecule has 13 atom stereocenters. The number of ketones is 1. The number of hydrogen-bond acceptors (Lipinski definition) is 6. The molecule has 242 valence electrons. The fourth-order valence-electron chi connectivity index (χ4n) is 11.9. The molecule has 5 fully saturated rings. The largest absolute Gasteiger partial charge is 0.481 e. The molecule has 0 aromatic rings. The predicted octanol–water partition coefficient (Wildman–Crippen LogP) is 6.29. The molecule has 0 spiro atoms. The van der Waals surface area contributed by atoms with Gasteiger partial charge in [0, 0.05) is 12.3 Å². The number of rotatable bonds is 3. The van der Waals surface area contributed by atoms with Crippen LogP contribution < -0.4 is 0 Å². The Labute approximate surface area is 258 Å². The van der Waals surface area contributed by atoms with Gasteiger partial charge in [-0.3, -0.25) is 9.59 Å². The van der Waals surface area contributed by atoms with Crippen molar-refractivity contribution in [2.75, 3.05) is 0 Å². The molecule has 6 aliphatic rings. The molecule has 3 N–H and O–H groups in total. The summed E-state index contributed by atoms with van der Waals surface area (Å²) >= 11 is 0. The summed E-state index contributed by atoms with van der Waals surface area (Å²) in [5.41, 5.74) is -0.165. The summed E-state index contributed by atoms with van der Waals surface area (Å²) < 4.78 is 12.6. The second kappa shape index (κ2) is 9.86. The lowest BCUT2D eigenvalue weighted by atomic mass is 9.33. The molecule has 0 aromatic carbocycles. The van der Waals surface area contributed by atoms with E-state index in [2.05, 4.69) is 41.5 Å². The number of carbonyl (C=O) groups excluding carboxylic acids is 1. The lowest BCUT2D eigenvalue weighted by molar-refractivity contribution is -0.290. The highest BCUT2D eigenvalue weighted by Crippen LogP contribution is 2.75. The molecule has 6 rings (SSSR count). The summed E-state index contributed by atoms with van der Waals surface area (Å²) in [6, 6.07) is 0. The standard InChI is InChI=1S/C36H56O7/c1-20-28(39)23(37)18-27(42-20)43-26-10-11-34(6)25(31(26,2)3)9-12-36(8)29(34)24(38)17-21-22-19-33(5,30(40)41)14-13-32(22,4)15-16-35(21,36)7/h17,20,22-23,25-29,37,39H,9-16,18-19H2,1-8H3,(H,40,41)/t20-,22+,23+,25+,26+,27-,28+,29+,32+,33-,34-,35+,36+/m0/s1. The van der Waals surface area contributed by atoms with Crippen LogP contribution >= 0.6 is 0 Å². The van der Waals surface area contributed by atoms with E-state index in [1.54, 1.807) is 6.92 Å². The Balaban J connectivity index is 1.32. The van der Waals surface area contributed by atoms with Gasteiger partial charge in [-0.2, -0.15) is 0 Å². The minimum absolute atomic E-state index is 0.0462. The molecule has 1 saturated heterocycles. The average Bonchev–Trinajstić information content (AvgIpc) is 2.91. The zero-order valence-corrected chi connectivity index (χ0v) is 27.7. The van der Waals surface area contributed by atoms with Crippen molar-refractivity contribution >= 4 is 11.8 Å². The van der Waals surface area contributed by atoms with Crippen LogP contribution in [-0.4, -0.2) is 57.8 Å². The van der Waals surface area contributed by atoms with Gasteiger partial charge >= 0.3 is 5.97 Å². The van der Waals surface area contributed by atoms with Crippen LogP contribution in [0, 0.1) is 50.2 Å². The van der Waals surface area contributed by atoms with Gasteiger partial charge in [0.15, 0.2) is 12.1 Å². The number of carboxylic acids is 1. The lowest BCUT2D eigenvalue weighted by Crippen LogP contribution is -2.67. The van der Waals surface area contributed by atoms with Crippen LogP contribution in [0.2, 0.25) is 0 Å². The molecule has 5 aliphatic carbocycles. The third kappa shape index (κ3) is 4.33. The molecule has 4 saturated carbocycles. The number of ether oxygens (including phenoxy) is 2. The summed E-state index contributed by atoms with van der Waals surface area (Å²) in [4.78, 5) is 27.0. The van der Waals surface area contributed by atoms with Crippen molar-refractivity contribution in [3.8, 4) is 0 Å². The number of carboxylic acid groups (broad SMARTS) is 1. The Bertz CT molecular complexity index is 1200. The normalized spacial score (nSPS) is 54.4. The molecule has 0 aromatic heterocycles. The third-order valence-electron chi connectivity index (χ3n) is 15.0. The fourth-order valence-corrected chi connectivity index (χ4v) is 11.9. The van der Waals surface area contributed by atoms with Crippen molar-refractivity contribution < 1.29 is 34.4 Å². The first-order chi connectivity index (χ1) is 19.8. The number of hydrogen-bond donors (Lipinski definition) is 3. The van der Waals surface area contributed by atoms with Crippen molar-refractivity contribution in [2.24, 2.45) is 50.2 Å². The van der Waals surface area contributed by atoms with Gasteiger partial charge in [-0.15, -0.1) is 0 Å². The SMILES string of the molecule is C[C@@H]1O[C@@H](O[C@@H]2CC[C@@]3(C)[C@H](CC[C@]4(C)[C@@H]3C(=O)C=C3[C@H]5C[C@@](C)(C(=O)O)CC[C@]5(C)CC[C@]34C)C2(C)C)C[C@@H](O)[C@@H]1O. The van der Waals surface area contributed by atoms with E-state index in [-0.39, 0.29) is 63.1 Å². The highest BCUT2D eigenvalue weighted by Gasteiger charge is 2.70. The van der Waals surface area contributed by atoms with Crippen molar-refractivity contribution in [2.45, 2.75) is 150 Å². The molecule has 7 nitrogen and oxygen atoms in total. The van der Waals surface area contributed by atoms with Gasteiger partial charge in [0.05, 0.1) is 23.7 Å². The van der Waals surface area contributed by atoms with Gasteiger partial charge < -0.3 is 24.8 Å². The molecular formula is C36H56O7. The maximum atomic E-state index is 14.6. The van der Waals surface area contributed by atoms with Crippen LogP contribution in [0.1, 0.15) is 120 Å². The Hall–Kier alpha value is -1.28. The third-order valence-corrected chi connectivity index (χ3v) is 15.0. The van der Waals surface area contributed by atoms with E-state index >= 15 is 0 Å². The van der Waals surface area contributed by atoms with E-state index in [4.69, 9.17) is 9.47 Å². The maximum absolute atomic E-state index is 14.6. The van der Waals surface area contributed by atoms with Crippen molar-refractivity contribution in [1.29, 1.82) is 0 Å². The van der Waals surface area contributed by atoms with Crippen molar-refractivity contribution in [3.63, 3.8) is 0 Å². The number of aliphatic hydroxyl groups excluding tert-OH is 2. The molecule has 7 heteroatoms. The Morgan fingerprint density at radius 2 is 1.63 bits per heavy atom. The minimum Gasteiger partial charge on any atom is -0.481 e. The quantitative estimate of drug-likeness (QED) is 0.326. The fraction of sp³-hybridized carbons (Fsp3) is 0.889. The van der Waals surface area contributed by atoms with E-state index in [0.29, 0.717) is 12.8 Å². The first-order valence-electron chi connectivity index (χ1n) is 17.0. The van der Waals surface area contributed by atoms with Crippen LogP contribution in [0.5, 0.6) is 0 Å². The van der Waals surface area contributed by atoms with Crippen LogP contribution in [0.25, 0.3) is 0 Å². The number of fused-ring (bicyclic) bond motifs is 7. The Morgan fingerprint density at radius 1 is 0.953 bits per heavy atom. The van der Waals surface area contributed by atoms with Gasteiger partial charge in [0.1, 0.15) is 6.10 Å². The van der Waals surface area contributed by atoms with E-state index in [0.717, 1.165) is 44.9 Å². The molecular weight excluding hydrogens is 544 g/mol. The molecule has 0 unspecified atom stereocenters. The molecule has 43 heavy (non-hydrogen) atoms. The highest BCUT2D eigenvalue weighted by atomic mass is 16.7. The summed E-state index contributed by atoms with van der Waals surface area (Å²) in [7, 11) is 0. The highest BCUT2D eigenvalue weighted by molar-refractivity contribution is 5.95. The lowest BCUT2D eigenvalue weighted by Gasteiger charge is -2.70. The second-order valence-electron chi connectivity index (χ2n) is 17.6. The predicted molar refractivity (Wildman–Crippen MR) is 163 cm³/mol. The van der Waals surface area contributed by atoms with E-state index in [9.17, 15) is 24.9 Å². The first kappa shape index (κ1) is 31.7. The monoisotopic (exact) mass is 600 g/mol. The summed E-state index contributed by atoms with van der Waals surface area (Å²) in [6.45, 7) is 17.8. The average molecular weight is 601 g/mol. The maximum Gasteiger partial charge on any atom is 0.309 e. The zero-order valence-electron chi connectivity index (χ0n) is 27.7. The topological polar surface area (TPSA) is 113 Å². The van der Waals surface area contributed by atoms with Crippen LogP contribution in [0.4, 0.5) is 0 Å². The molecule has 1 aliphatic heterocycles. The number of aliphatic hydroxyl groups is 2. The van der Waals surface area contributed by atoms with Gasteiger partial charge in [-0.1, -0.05) is 47.1 Å². The number of carbonyl (C=O) groups is 2. The van der Waals surface area contributed by atoms with Gasteiger partial charge in [0.2, 0.25) is 0 Å². The smallest absolute Gasteiger partial charge is 0.309 e. The summed E-state index contributed by atoms with van der Waals surface area (Å²) in [5, 5.41) is 30.7. The minimum atomic E-state index is -0.903. The van der Waals surface area contributed by atoms with Crippen LogP contribution in [-0.2, 0) is 19.1 Å². The summed E-state index contributed by atoms with van der Waals surface area (Å²) in [6.07, 6.45) is 7.45. The molecule has 0 amide bonds. The number of aliphatic carboxylic acids is 1. The van der Waals surface area contributed by atoms with E-state index in [1.807, 2.05) is 13.0 Å². The first-order valence-corrected chi connectivity index (χ1v) is 17.0. The Morgan fingerprint density at radius 3 is 2.28 bits per heavy atom. The van der Waals surface area contributed by atoms with E-state index < -0.39 is 36.0 Å². The van der Waals surface area contributed by atoms with E-state index in [1.165, 1.54) is 5.57 Å². The Kier molecular flexibility index (Phi) is 7.27. The van der Waals surface area contributed by atoms with Gasteiger partial charge in [-0.25, -0.2) is 0 Å². The zero-order chi connectivity index (χ0) is 31.5. The molecule has 1 heterocycles. The van der Waals surface area contributed by atoms with Crippen molar-refractivity contribution in [3.05, 3.63) is 11.6 Å². The second-order valence-corrected chi connectivity index (χ2v) is 17.6. The van der Waals surface area contributed by atoms with Gasteiger partial charge in [-0.05, 0) is 117 Å². The van der Waals surface area contributed by atoms with Crippen LogP contribution in [0.15, 0.2) is 11.6 Å². The number of allylic oxidation sites excluding steroid dienone is 2.